The van der Waals surface area contributed by atoms with E-state index in [4.69, 9.17) is 9.47 Å². The molecule has 0 aliphatic carbocycles. The topological polar surface area (TPSA) is 50.8 Å². The Morgan fingerprint density at radius 3 is 2.83 bits per heavy atom. The van der Waals surface area contributed by atoms with Gasteiger partial charge in [-0.3, -0.25) is 9.69 Å². The van der Waals surface area contributed by atoms with Crippen molar-refractivity contribution in [3.63, 3.8) is 0 Å². The summed E-state index contributed by atoms with van der Waals surface area (Å²) >= 11 is 3.54. The third-order valence-electron chi connectivity index (χ3n) is 4.59. The standard InChI is InChI=1S/C18H27BrN2O3/c1-13-4-6-15(18(22)20-8-9-23-2)12-21(13)11-14-5-7-17(24-3)16(19)10-14/h5,7,10,13,15H,4,6,8-9,11-12H2,1-3H3,(H,20,22). The number of rotatable bonds is 7. The van der Waals surface area contributed by atoms with Crippen LogP contribution in [-0.2, 0) is 16.1 Å². The van der Waals surface area contributed by atoms with Gasteiger partial charge >= 0.3 is 0 Å². The zero-order valence-corrected chi connectivity index (χ0v) is 16.3. The smallest absolute Gasteiger partial charge is 0.224 e. The molecule has 1 N–H and O–H groups in total. The van der Waals surface area contributed by atoms with E-state index in [0.29, 0.717) is 19.2 Å². The van der Waals surface area contributed by atoms with Gasteiger partial charge in [-0.05, 0) is 53.4 Å². The van der Waals surface area contributed by atoms with Gasteiger partial charge in [0.25, 0.3) is 0 Å². The summed E-state index contributed by atoms with van der Waals surface area (Å²) in [5.74, 6) is 1.03. The van der Waals surface area contributed by atoms with Crippen molar-refractivity contribution in [1.29, 1.82) is 0 Å². The van der Waals surface area contributed by atoms with Crippen LogP contribution in [0.5, 0.6) is 5.75 Å². The highest BCUT2D eigenvalue weighted by molar-refractivity contribution is 9.10. The molecule has 1 aromatic rings. The number of nitrogens with zero attached hydrogens (tertiary/aromatic N) is 1. The Balaban J connectivity index is 1.95. The molecule has 1 aliphatic rings. The number of hydrogen-bond acceptors (Lipinski definition) is 4. The molecule has 1 amide bonds. The van der Waals surface area contributed by atoms with Gasteiger partial charge < -0.3 is 14.8 Å². The fourth-order valence-corrected chi connectivity index (χ4v) is 3.67. The van der Waals surface area contributed by atoms with E-state index >= 15 is 0 Å². The van der Waals surface area contributed by atoms with Crippen LogP contribution in [0.15, 0.2) is 22.7 Å². The van der Waals surface area contributed by atoms with Crippen LogP contribution in [-0.4, -0.2) is 50.8 Å². The number of halogens is 1. The zero-order valence-electron chi connectivity index (χ0n) is 14.7. The van der Waals surface area contributed by atoms with E-state index in [1.165, 1.54) is 5.56 Å². The van der Waals surface area contributed by atoms with E-state index in [0.717, 1.165) is 36.2 Å². The van der Waals surface area contributed by atoms with Gasteiger partial charge in [0.2, 0.25) is 5.91 Å². The summed E-state index contributed by atoms with van der Waals surface area (Å²) in [7, 11) is 3.31. The van der Waals surface area contributed by atoms with Crippen molar-refractivity contribution in [2.45, 2.75) is 32.4 Å². The van der Waals surface area contributed by atoms with Gasteiger partial charge in [0, 0.05) is 32.8 Å². The largest absolute Gasteiger partial charge is 0.496 e. The monoisotopic (exact) mass is 398 g/mol. The average Bonchev–Trinajstić information content (AvgIpc) is 2.57. The first-order valence-corrected chi connectivity index (χ1v) is 9.17. The minimum atomic E-state index is 0.0553. The highest BCUT2D eigenvalue weighted by atomic mass is 79.9. The van der Waals surface area contributed by atoms with Gasteiger partial charge in [0.15, 0.2) is 0 Å². The predicted octanol–water partition coefficient (Wildman–Crippen LogP) is 2.82. The minimum Gasteiger partial charge on any atom is -0.496 e. The van der Waals surface area contributed by atoms with Crippen molar-refractivity contribution in [2.24, 2.45) is 5.92 Å². The SMILES string of the molecule is COCCNC(=O)C1CCC(C)N(Cc2ccc(OC)c(Br)c2)C1. The third-order valence-corrected chi connectivity index (χ3v) is 5.21. The maximum atomic E-state index is 12.3. The summed E-state index contributed by atoms with van der Waals surface area (Å²) in [5, 5.41) is 2.96. The first-order valence-electron chi connectivity index (χ1n) is 8.38. The summed E-state index contributed by atoms with van der Waals surface area (Å²) in [6, 6.07) is 6.63. The highest BCUT2D eigenvalue weighted by Gasteiger charge is 2.29. The summed E-state index contributed by atoms with van der Waals surface area (Å²) in [6.45, 7) is 5.00. The van der Waals surface area contributed by atoms with Crippen molar-refractivity contribution in [3.05, 3.63) is 28.2 Å². The first kappa shape index (κ1) is 19.2. The van der Waals surface area contributed by atoms with Crippen molar-refractivity contribution >= 4 is 21.8 Å². The number of ether oxygens (including phenoxy) is 2. The number of amides is 1. The molecule has 1 saturated heterocycles. The molecule has 6 heteroatoms. The lowest BCUT2D eigenvalue weighted by molar-refractivity contribution is -0.127. The Morgan fingerprint density at radius 2 is 2.17 bits per heavy atom. The van der Waals surface area contributed by atoms with Crippen LogP contribution < -0.4 is 10.1 Å². The number of nitrogens with one attached hydrogen (secondary N) is 1. The molecule has 24 heavy (non-hydrogen) atoms. The average molecular weight is 399 g/mol. The molecule has 0 bridgehead atoms. The molecular formula is C18H27BrN2O3. The second kappa shape index (κ2) is 9.39. The molecule has 5 nitrogen and oxygen atoms in total. The van der Waals surface area contributed by atoms with E-state index in [2.05, 4.69) is 45.2 Å². The van der Waals surface area contributed by atoms with Gasteiger partial charge in [-0.25, -0.2) is 0 Å². The van der Waals surface area contributed by atoms with Crippen molar-refractivity contribution in [1.82, 2.24) is 10.2 Å². The predicted molar refractivity (Wildman–Crippen MR) is 98.2 cm³/mol. The number of methoxy groups -OCH3 is 2. The Kier molecular flexibility index (Phi) is 7.52. The number of likely N-dealkylation sites (tertiary alicyclic amines) is 1. The van der Waals surface area contributed by atoms with Crippen LogP contribution in [0, 0.1) is 5.92 Å². The Bertz CT molecular complexity index is 553. The Morgan fingerprint density at radius 1 is 1.38 bits per heavy atom. The second-order valence-electron chi connectivity index (χ2n) is 6.31. The molecule has 0 spiro atoms. The highest BCUT2D eigenvalue weighted by Crippen LogP contribution is 2.28. The lowest BCUT2D eigenvalue weighted by atomic mass is 9.92. The maximum Gasteiger partial charge on any atom is 0.224 e. The third kappa shape index (κ3) is 5.19. The van der Waals surface area contributed by atoms with E-state index < -0.39 is 0 Å². The number of carbonyl (C=O) groups excluding carboxylic acids is 1. The summed E-state index contributed by atoms with van der Waals surface area (Å²) in [5.41, 5.74) is 1.22. The van der Waals surface area contributed by atoms with E-state index in [-0.39, 0.29) is 11.8 Å². The number of carbonyl (C=O) groups is 1. The van der Waals surface area contributed by atoms with E-state index in [1.807, 2.05) is 6.07 Å². The molecule has 2 unspecified atom stereocenters. The van der Waals surface area contributed by atoms with Gasteiger partial charge in [-0.2, -0.15) is 0 Å². The van der Waals surface area contributed by atoms with E-state index in [1.54, 1.807) is 14.2 Å². The maximum absolute atomic E-state index is 12.3. The summed E-state index contributed by atoms with van der Waals surface area (Å²) < 4.78 is 11.2. The number of hydrogen-bond donors (Lipinski definition) is 1. The number of benzene rings is 1. The van der Waals surface area contributed by atoms with Crippen LogP contribution in [0.2, 0.25) is 0 Å². The van der Waals surface area contributed by atoms with Crippen LogP contribution in [0.4, 0.5) is 0 Å². The Labute approximate surface area is 152 Å². The van der Waals surface area contributed by atoms with Crippen LogP contribution in [0.3, 0.4) is 0 Å². The lowest BCUT2D eigenvalue weighted by Gasteiger charge is -2.37. The van der Waals surface area contributed by atoms with Gasteiger partial charge in [-0.15, -0.1) is 0 Å². The molecule has 0 saturated carbocycles. The normalized spacial score (nSPS) is 21.5. The fourth-order valence-electron chi connectivity index (χ4n) is 3.08. The zero-order chi connectivity index (χ0) is 17.5. The first-order chi connectivity index (χ1) is 11.5. The minimum absolute atomic E-state index is 0.0553. The molecule has 1 aliphatic heterocycles. The van der Waals surface area contributed by atoms with Crippen LogP contribution in [0.25, 0.3) is 0 Å². The van der Waals surface area contributed by atoms with Gasteiger partial charge in [0.05, 0.1) is 24.1 Å². The van der Waals surface area contributed by atoms with Crippen LogP contribution in [0.1, 0.15) is 25.3 Å². The Hall–Kier alpha value is -1.11. The molecule has 0 aromatic heterocycles. The quantitative estimate of drug-likeness (QED) is 0.717. The summed E-state index contributed by atoms with van der Waals surface area (Å²) in [6.07, 6.45) is 1.99. The fraction of sp³-hybridized carbons (Fsp3) is 0.611. The number of piperidine rings is 1. The second-order valence-corrected chi connectivity index (χ2v) is 7.16. The van der Waals surface area contributed by atoms with Crippen molar-refractivity contribution < 1.29 is 14.3 Å². The molecule has 1 aromatic carbocycles. The molecular weight excluding hydrogens is 372 g/mol. The molecule has 1 fully saturated rings. The molecule has 1 heterocycles. The molecule has 2 atom stereocenters. The van der Waals surface area contributed by atoms with Gasteiger partial charge in [0.1, 0.15) is 5.75 Å². The van der Waals surface area contributed by atoms with E-state index in [9.17, 15) is 4.79 Å². The van der Waals surface area contributed by atoms with Crippen molar-refractivity contribution in [3.8, 4) is 5.75 Å². The van der Waals surface area contributed by atoms with Gasteiger partial charge in [-0.1, -0.05) is 6.07 Å². The lowest BCUT2D eigenvalue weighted by Crippen LogP contribution is -2.46. The summed E-state index contributed by atoms with van der Waals surface area (Å²) in [4.78, 5) is 14.7. The molecule has 0 radical (unpaired) electrons. The molecule has 134 valence electrons. The molecule has 2 rings (SSSR count). The van der Waals surface area contributed by atoms with Crippen LogP contribution >= 0.6 is 15.9 Å². The van der Waals surface area contributed by atoms with Crippen molar-refractivity contribution in [2.75, 3.05) is 33.9 Å².